The molecule has 3 aromatic rings. The maximum absolute atomic E-state index is 13.4. The zero-order chi connectivity index (χ0) is 35.8. The summed E-state index contributed by atoms with van der Waals surface area (Å²) in [5.74, 6) is -1.02. The van der Waals surface area contributed by atoms with Crippen LogP contribution in [0.15, 0.2) is 60.7 Å². The van der Waals surface area contributed by atoms with Crippen LogP contribution in [0.2, 0.25) is 10.0 Å². The normalized spacial score (nSPS) is 11.1. The maximum atomic E-state index is 13.4. The molecule has 0 aliphatic rings. The zero-order valence-corrected chi connectivity index (χ0v) is 30.6. The van der Waals surface area contributed by atoms with E-state index in [-0.39, 0.29) is 5.91 Å². The lowest BCUT2D eigenvalue weighted by Crippen LogP contribution is -2.24. The molecule has 0 saturated carbocycles. The number of carboxylic acid groups (broad SMARTS) is 1. The van der Waals surface area contributed by atoms with Crippen molar-refractivity contribution in [1.29, 1.82) is 0 Å². The van der Waals surface area contributed by atoms with E-state index >= 15 is 0 Å². The van der Waals surface area contributed by atoms with Gasteiger partial charge in [0.1, 0.15) is 5.75 Å². The predicted molar refractivity (Wildman–Crippen MR) is 199 cm³/mol. The molecule has 0 unspecified atom stereocenters. The molecule has 0 radical (unpaired) electrons. The Kier molecular flexibility index (Phi) is 20.5. The van der Waals surface area contributed by atoms with E-state index in [2.05, 4.69) is 5.32 Å². The predicted octanol–water partition coefficient (Wildman–Crippen LogP) is 8.73. The van der Waals surface area contributed by atoms with Crippen LogP contribution in [0.5, 0.6) is 5.75 Å². The molecule has 0 saturated heterocycles. The standard InChI is InChI=1S/C39H51Cl2NO8/c1-46-18-10-20-48-22-12-24-49-23-11-21-47-19-7-5-3-2-4-6-17-42-39(45)32-27-35(30-13-8-15-33(40)25-30)38(50-29-37(43)44)36(28-32)31-14-9-16-34(41)26-31/h8-9,13-16,25-28H,2-7,10-12,17-24,29H2,1H3,(H,42,45)(H,43,44). The number of carboxylic acids is 1. The van der Waals surface area contributed by atoms with Crippen molar-refractivity contribution >= 4 is 35.1 Å². The second-order valence-electron chi connectivity index (χ2n) is 11.9. The number of carbonyl (C=O) groups is 2. The molecule has 274 valence electrons. The first-order chi connectivity index (χ1) is 24.4. The van der Waals surface area contributed by atoms with E-state index in [1.165, 1.54) is 0 Å². The number of aliphatic carboxylic acids is 1. The average molecular weight is 733 g/mol. The van der Waals surface area contributed by atoms with Crippen LogP contribution in [0.25, 0.3) is 22.3 Å². The van der Waals surface area contributed by atoms with Crippen LogP contribution in [0.3, 0.4) is 0 Å². The first-order valence-corrected chi connectivity index (χ1v) is 18.2. The van der Waals surface area contributed by atoms with Crippen LogP contribution in [0, 0.1) is 0 Å². The molecule has 0 atom stereocenters. The van der Waals surface area contributed by atoms with Crippen molar-refractivity contribution in [2.45, 2.75) is 57.8 Å². The molecular formula is C39H51Cl2NO8. The van der Waals surface area contributed by atoms with Gasteiger partial charge in [-0.05, 0) is 79.6 Å². The van der Waals surface area contributed by atoms with E-state index in [1.54, 1.807) is 55.6 Å². The fraction of sp³-hybridized carbons (Fsp3) is 0.487. The van der Waals surface area contributed by atoms with Crippen molar-refractivity contribution in [2.75, 3.05) is 66.5 Å². The first-order valence-electron chi connectivity index (χ1n) is 17.4. The number of methoxy groups -OCH3 is 1. The zero-order valence-electron chi connectivity index (χ0n) is 29.1. The van der Waals surface area contributed by atoms with Crippen molar-refractivity contribution in [3.8, 4) is 28.0 Å². The Labute approximate surface area is 306 Å². The fourth-order valence-corrected chi connectivity index (χ4v) is 5.65. The van der Waals surface area contributed by atoms with Gasteiger partial charge in [-0.25, -0.2) is 4.79 Å². The van der Waals surface area contributed by atoms with E-state index in [1.807, 2.05) is 12.1 Å². The van der Waals surface area contributed by atoms with Gasteiger partial charge in [0.2, 0.25) is 0 Å². The lowest BCUT2D eigenvalue weighted by Gasteiger charge is -2.18. The molecule has 11 heteroatoms. The van der Waals surface area contributed by atoms with Crippen molar-refractivity contribution in [1.82, 2.24) is 5.32 Å². The van der Waals surface area contributed by atoms with Gasteiger partial charge in [0, 0.05) is 86.6 Å². The highest BCUT2D eigenvalue weighted by Crippen LogP contribution is 2.41. The highest BCUT2D eigenvalue weighted by atomic mass is 35.5. The molecule has 0 heterocycles. The van der Waals surface area contributed by atoms with Gasteiger partial charge in [-0.1, -0.05) is 73.2 Å². The Morgan fingerprint density at radius 3 is 1.62 bits per heavy atom. The largest absolute Gasteiger partial charge is 0.481 e. The van der Waals surface area contributed by atoms with Gasteiger partial charge in [0.05, 0.1) is 0 Å². The molecule has 0 bridgehead atoms. The SMILES string of the molecule is COCCCOCCCOCCCOCCCCCCCCNC(=O)c1cc(-c2cccc(Cl)c2)c(OCC(=O)O)c(-c2cccc(Cl)c2)c1. The van der Waals surface area contributed by atoms with Gasteiger partial charge < -0.3 is 34.1 Å². The van der Waals surface area contributed by atoms with Gasteiger partial charge in [-0.15, -0.1) is 0 Å². The summed E-state index contributed by atoms with van der Waals surface area (Å²) in [5, 5.41) is 13.4. The minimum atomic E-state index is -1.12. The number of unbranched alkanes of at least 4 members (excludes halogenated alkanes) is 5. The van der Waals surface area contributed by atoms with Gasteiger partial charge in [-0.2, -0.15) is 0 Å². The monoisotopic (exact) mass is 731 g/mol. The number of halogens is 2. The summed E-state index contributed by atoms with van der Waals surface area (Å²) in [4.78, 5) is 24.9. The third kappa shape index (κ3) is 16.2. The average Bonchev–Trinajstić information content (AvgIpc) is 3.11. The van der Waals surface area contributed by atoms with Gasteiger partial charge >= 0.3 is 5.97 Å². The van der Waals surface area contributed by atoms with Crippen molar-refractivity contribution in [3.63, 3.8) is 0 Å². The molecule has 1 amide bonds. The number of nitrogens with one attached hydrogen (secondary N) is 1. The molecule has 3 rings (SSSR count). The topological polar surface area (TPSA) is 113 Å². The van der Waals surface area contributed by atoms with Crippen molar-refractivity contribution in [2.24, 2.45) is 0 Å². The Balaban J connectivity index is 1.39. The summed E-state index contributed by atoms with van der Waals surface area (Å²) in [6.45, 7) is 5.07. The van der Waals surface area contributed by atoms with Crippen LogP contribution >= 0.6 is 23.2 Å². The van der Waals surface area contributed by atoms with Crippen LogP contribution in [-0.2, 0) is 23.7 Å². The summed E-state index contributed by atoms with van der Waals surface area (Å²) >= 11 is 12.6. The van der Waals surface area contributed by atoms with Crippen LogP contribution in [-0.4, -0.2) is 83.5 Å². The van der Waals surface area contributed by atoms with E-state index < -0.39 is 12.6 Å². The Bertz CT molecular complexity index is 1370. The molecule has 3 aromatic carbocycles. The summed E-state index contributed by atoms with van der Waals surface area (Å²) < 4.78 is 27.7. The number of hydrogen-bond donors (Lipinski definition) is 2. The molecule has 2 N–H and O–H groups in total. The number of rotatable bonds is 27. The fourth-order valence-electron chi connectivity index (χ4n) is 5.27. The molecule has 0 aromatic heterocycles. The van der Waals surface area contributed by atoms with E-state index in [9.17, 15) is 14.7 Å². The summed E-state index contributed by atoms with van der Waals surface area (Å²) in [6, 6.07) is 17.7. The minimum Gasteiger partial charge on any atom is -0.481 e. The Morgan fingerprint density at radius 1 is 0.640 bits per heavy atom. The molecule has 50 heavy (non-hydrogen) atoms. The molecule has 0 fully saturated rings. The Morgan fingerprint density at radius 2 is 1.12 bits per heavy atom. The molecule has 9 nitrogen and oxygen atoms in total. The lowest BCUT2D eigenvalue weighted by atomic mass is 9.94. The summed E-state index contributed by atoms with van der Waals surface area (Å²) in [7, 11) is 1.70. The summed E-state index contributed by atoms with van der Waals surface area (Å²) in [6.07, 6.45) is 8.96. The van der Waals surface area contributed by atoms with Gasteiger partial charge in [-0.3, -0.25) is 4.79 Å². The summed E-state index contributed by atoms with van der Waals surface area (Å²) in [5.41, 5.74) is 2.91. The first kappa shape index (κ1) is 41.2. The highest BCUT2D eigenvalue weighted by Gasteiger charge is 2.20. The van der Waals surface area contributed by atoms with E-state index in [4.69, 9.17) is 46.9 Å². The van der Waals surface area contributed by atoms with Crippen LogP contribution in [0.1, 0.15) is 68.1 Å². The number of ether oxygens (including phenoxy) is 5. The number of benzene rings is 3. The molecular weight excluding hydrogens is 681 g/mol. The number of amides is 1. The quantitative estimate of drug-likeness (QED) is 0.0749. The minimum absolute atomic E-state index is 0.230. The van der Waals surface area contributed by atoms with E-state index in [0.29, 0.717) is 70.0 Å². The second kappa shape index (κ2) is 24.9. The van der Waals surface area contributed by atoms with Crippen LogP contribution in [0.4, 0.5) is 0 Å². The molecule has 0 aliphatic heterocycles. The van der Waals surface area contributed by atoms with Crippen LogP contribution < -0.4 is 10.1 Å². The maximum Gasteiger partial charge on any atom is 0.341 e. The lowest BCUT2D eigenvalue weighted by molar-refractivity contribution is -0.139. The molecule has 0 aliphatic carbocycles. The second-order valence-corrected chi connectivity index (χ2v) is 12.7. The highest BCUT2D eigenvalue weighted by molar-refractivity contribution is 6.31. The number of carbonyl (C=O) groups excluding carboxylic acids is 1. The van der Waals surface area contributed by atoms with Crippen molar-refractivity contribution in [3.05, 3.63) is 76.3 Å². The Hall–Kier alpha value is -3.18. The third-order valence-electron chi connectivity index (χ3n) is 7.76. The number of hydrogen-bond acceptors (Lipinski definition) is 7. The van der Waals surface area contributed by atoms with Gasteiger partial charge in [0.25, 0.3) is 5.91 Å². The van der Waals surface area contributed by atoms with E-state index in [0.717, 1.165) is 84.2 Å². The third-order valence-corrected chi connectivity index (χ3v) is 8.23. The van der Waals surface area contributed by atoms with Gasteiger partial charge in [0.15, 0.2) is 6.61 Å². The van der Waals surface area contributed by atoms with Crippen molar-refractivity contribution < 1.29 is 38.4 Å². The molecule has 0 spiro atoms. The smallest absolute Gasteiger partial charge is 0.341 e.